The van der Waals surface area contributed by atoms with Gasteiger partial charge in [0, 0.05) is 4.90 Å². The number of benzene rings is 1. The summed E-state index contributed by atoms with van der Waals surface area (Å²) in [6, 6.07) is 8.11. The Morgan fingerprint density at radius 1 is 1.33 bits per heavy atom. The minimum atomic E-state index is -0.411. The van der Waals surface area contributed by atoms with E-state index in [2.05, 4.69) is 10.2 Å². The first-order chi connectivity index (χ1) is 8.69. The van der Waals surface area contributed by atoms with Gasteiger partial charge in [-0.1, -0.05) is 40.8 Å². The van der Waals surface area contributed by atoms with Crippen molar-refractivity contribution < 1.29 is 9.53 Å². The van der Waals surface area contributed by atoms with Gasteiger partial charge in [-0.25, -0.2) is 4.79 Å². The first-order valence-corrected chi connectivity index (χ1v) is 7.07. The number of hydrogen-bond acceptors (Lipinski definition) is 6. The van der Waals surface area contributed by atoms with Crippen LogP contribution in [0.3, 0.4) is 0 Å². The number of hydrogen-bond donors (Lipinski definition) is 0. The van der Waals surface area contributed by atoms with Crippen LogP contribution in [0, 0.1) is 6.92 Å². The second-order valence-electron chi connectivity index (χ2n) is 3.51. The van der Waals surface area contributed by atoms with Crippen molar-refractivity contribution >= 4 is 29.1 Å². The fraction of sp³-hybridized carbons (Fsp3) is 0.250. The number of esters is 1. The third-order valence-corrected chi connectivity index (χ3v) is 4.04. The summed E-state index contributed by atoms with van der Waals surface area (Å²) in [4.78, 5) is 12.5. The SMILES string of the molecule is CCOC(=O)c1nnc(Sc2ccc(C)cc2)s1. The molecule has 0 unspecified atom stereocenters. The maximum Gasteiger partial charge on any atom is 0.369 e. The molecular weight excluding hydrogens is 268 g/mol. The molecule has 2 aromatic rings. The molecule has 0 saturated carbocycles. The van der Waals surface area contributed by atoms with Gasteiger partial charge in [0.1, 0.15) is 0 Å². The summed E-state index contributed by atoms with van der Waals surface area (Å²) in [5, 5.41) is 8.09. The van der Waals surface area contributed by atoms with Crippen molar-refractivity contribution in [3.63, 3.8) is 0 Å². The number of aryl methyl sites for hydroxylation is 1. The van der Waals surface area contributed by atoms with Crippen molar-refractivity contribution in [1.82, 2.24) is 10.2 Å². The molecule has 6 heteroatoms. The van der Waals surface area contributed by atoms with Crippen LogP contribution >= 0.6 is 23.1 Å². The first-order valence-electron chi connectivity index (χ1n) is 5.44. The van der Waals surface area contributed by atoms with E-state index in [4.69, 9.17) is 4.74 Å². The van der Waals surface area contributed by atoms with Gasteiger partial charge in [-0.2, -0.15) is 0 Å². The highest BCUT2D eigenvalue weighted by molar-refractivity contribution is 8.01. The molecule has 1 aromatic carbocycles. The number of carbonyl (C=O) groups excluding carboxylic acids is 1. The molecule has 0 amide bonds. The van der Waals surface area contributed by atoms with E-state index in [1.165, 1.54) is 28.7 Å². The van der Waals surface area contributed by atoms with E-state index in [1.807, 2.05) is 31.2 Å². The quantitative estimate of drug-likeness (QED) is 0.805. The molecule has 2 rings (SSSR count). The lowest BCUT2D eigenvalue weighted by atomic mass is 10.2. The third-order valence-electron chi connectivity index (χ3n) is 2.08. The zero-order chi connectivity index (χ0) is 13.0. The summed E-state index contributed by atoms with van der Waals surface area (Å²) in [5.41, 5.74) is 1.21. The maximum absolute atomic E-state index is 11.4. The second kappa shape index (κ2) is 5.97. The zero-order valence-electron chi connectivity index (χ0n) is 10.0. The molecular formula is C12H12N2O2S2. The Labute approximate surface area is 113 Å². The van der Waals surface area contributed by atoms with Crippen LogP contribution in [0.2, 0.25) is 0 Å². The summed E-state index contributed by atoms with van der Waals surface area (Å²) in [6.45, 7) is 4.15. The molecule has 94 valence electrons. The molecule has 0 aliphatic heterocycles. The van der Waals surface area contributed by atoms with Crippen LogP contribution in [-0.4, -0.2) is 22.8 Å². The third kappa shape index (κ3) is 3.30. The fourth-order valence-electron chi connectivity index (χ4n) is 1.23. The van der Waals surface area contributed by atoms with Gasteiger partial charge in [0.15, 0.2) is 4.34 Å². The lowest BCUT2D eigenvalue weighted by Crippen LogP contribution is -2.03. The van der Waals surface area contributed by atoms with E-state index in [1.54, 1.807) is 6.92 Å². The molecule has 0 atom stereocenters. The number of carbonyl (C=O) groups is 1. The van der Waals surface area contributed by atoms with Gasteiger partial charge >= 0.3 is 5.97 Å². The Bertz CT molecular complexity index is 537. The molecule has 1 heterocycles. The van der Waals surface area contributed by atoms with E-state index < -0.39 is 5.97 Å². The van der Waals surface area contributed by atoms with Gasteiger partial charge in [0.25, 0.3) is 0 Å². The van der Waals surface area contributed by atoms with Crippen molar-refractivity contribution in [1.29, 1.82) is 0 Å². The van der Waals surface area contributed by atoms with Crippen molar-refractivity contribution in [2.45, 2.75) is 23.1 Å². The average Bonchev–Trinajstić information content (AvgIpc) is 2.81. The highest BCUT2D eigenvalue weighted by Gasteiger charge is 2.14. The summed E-state index contributed by atoms with van der Waals surface area (Å²) in [6.07, 6.45) is 0. The molecule has 0 fully saturated rings. The van der Waals surface area contributed by atoms with Crippen molar-refractivity contribution in [3.05, 3.63) is 34.8 Å². The molecule has 0 bridgehead atoms. The smallest absolute Gasteiger partial charge is 0.369 e. The summed E-state index contributed by atoms with van der Waals surface area (Å²) in [7, 11) is 0. The van der Waals surface area contributed by atoms with Crippen LogP contribution in [0.15, 0.2) is 33.5 Å². The summed E-state index contributed by atoms with van der Waals surface area (Å²) >= 11 is 2.74. The second-order valence-corrected chi connectivity index (χ2v) is 5.81. The lowest BCUT2D eigenvalue weighted by Gasteiger charge is -1.97. The Morgan fingerprint density at radius 2 is 2.06 bits per heavy atom. The average molecular weight is 280 g/mol. The van der Waals surface area contributed by atoms with Crippen molar-refractivity contribution in [2.24, 2.45) is 0 Å². The van der Waals surface area contributed by atoms with Crippen LogP contribution in [0.5, 0.6) is 0 Å². The fourth-order valence-corrected chi connectivity index (χ4v) is 2.95. The van der Waals surface area contributed by atoms with Gasteiger partial charge in [-0.3, -0.25) is 0 Å². The van der Waals surface area contributed by atoms with Crippen LogP contribution in [0.4, 0.5) is 0 Å². The predicted molar refractivity (Wildman–Crippen MR) is 71.2 cm³/mol. The molecule has 0 aliphatic rings. The minimum absolute atomic E-state index is 0.298. The molecule has 1 aromatic heterocycles. The first kappa shape index (κ1) is 13.0. The predicted octanol–water partition coefficient (Wildman–Crippen LogP) is 3.17. The summed E-state index contributed by atoms with van der Waals surface area (Å²) in [5.74, 6) is -0.411. The normalized spacial score (nSPS) is 10.3. The molecule has 18 heavy (non-hydrogen) atoms. The molecule has 0 radical (unpaired) electrons. The summed E-state index contributed by atoms with van der Waals surface area (Å²) < 4.78 is 5.60. The van der Waals surface area contributed by atoms with Gasteiger partial charge in [0.05, 0.1) is 6.61 Å². The highest BCUT2D eigenvalue weighted by Crippen LogP contribution is 2.30. The monoisotopic (exact) mass is 280 g/mol. The number of rotatable bonds is 4. The minimum Gasteiger partial charge on any atom is -0.461 e. The Balaban J connectivity index is 2.06. The van der Waals surface area contributed by atoms with E-state index in [-0.39, 0.29) is 0 Å². The number of ether oxygens (including phenoxy) is 1. The van der Waals surface area contributed by atoms with Crippen LogP contribution in [-0.2, 0) is 4.74 Å². The van der Waals surface area contributed by atoms with E-state index >= 15 is 0 Å². The van der Waals surface area contributed by atoms with Crippen LogP contribution < -0.4 is 0 Å². The van der Waals surface area contributed by atoms with E-state index in [0.29, 0.717) is 11.6 Å². The molecule has 0 N–H and O–H groups in total. The zero-order valence-corrected chi connectivity index (χ0v) is 11.7. The van der Waals surface area contributed by atoms with E-state index in [9.17, 15) is 4.79 Å². The van der Waals surface area contributed by atoms with Gasteiger partial charge < -0.3 is 4.74 Å². The standard InChI is InChI=1S/C12H12N2O2S2/c1-3-16-11(15)10-13-14-12(18-10)17-9-6-4-8(2)5-7-9/h4-7H,3H2,1-2H3. The topological polar surface area (TPSA) is 52.1 Å². The number of nitrogens with zero attached hydrogens (tertiary/aromatic N) is 2. The van der Waals surface area contributed by atoms with Crippen molar-refractivity contribution in [2.75, 3.05) is 6.61 Å². The van der Waals surface area contributed by atoms with E-state index in [0.717, 1.165) is 9.24 Å². The van der Waals surface area contributed by atoms with Gasteiger partial charge in [-0.15, -0.1) is 10.2 Å². The Hall–Kier alpha value is -1.40. The molecule has 0 aliphatic carbocycles. The number of aromatic nitrogens is 2. The van der Waals surface area contributed by atoms with Gasteiger partial charge in [-0.05, 0) is 26.0 Å². The van der Waals surface area contributed by atoms with Crippen molar-refractivity contribution in [3.8, 4) is 0 Å². The largest absolute Gasteiger partial charge is 0.461 e. The van der Waals surface area contributed by atoms with Gasteiger partial charge in [0.2, 0.25) is 5.01 Å². The maximum atomic E-state index is 11.4. The highest BCUT2D eigenvalue weighted by atomic mass is 32.2. The lowest BCUT2D eigenvalue weighted by molar-refractivity contribution is 0.0525. The molecule has 0 spiro atoms. The van der Waals surface area contributed by atoms with Crippen LogP contribution in [0.25, 0.3) is 0 Å². The molecule has 0 saturated heterocycles. The van der Waals surface area contributed by atoms with Crippen LogP contribution in [0.1, 0.15) is 22.3 Å². The Kier molecular flexibility index (Phi) is 4.33. The Morgan fingerprint density at radius 3 is 2.72 bits per heavy atom. The molecule has 4 nitrogen and oxygen atoms in total.